The average Bonchev–Trinajstić information content (AvgIpc) is 2.43. The van der Waals surface area contributed by atoms with Crippen LogP contribution in [-0.2, 0) is 16.8 Å². The zero-order chi connectivity index (χ0) is 15.3. The predicted octanol–water partition coefficient (Wildman–Crippen LogP) is 0.608. The third-order valence-corrected chi connectivity index (χ3v) is 4.13. The smallest absolute Gasteiger partial charge is 0.279 e. The molecule has 1 aromatic rings. The van der Waals surface area contributed by atoms with Crippen LogP contribution in [0.5, 0.6) is 17.2 Å². The molecule has 0 aliphatic rings. The molecule has 7 nitrogen and oxygen atoms in total. The molecule has 0 saturated carbocycles. The number of ether oxygens (including phenoxy) is 3. The zero-order valence-electron chi connectivity index (χ0n) is 12.3. The maximum atomic E-state index is 11.7. The largest absolute Gasteiger partial charge is 0.493 e. The highest BCUT2D eigenvalue weighted by Crippen LogP contribution is 2.38. The van der Waals surface area contributed by atoms with Crippen LogP contribution in [0.2, 0.25) is 0 Å². The summed E-state index contributed by atoms with van der Waals surface area (Å²) in [6, 6.07) is 3.39. The third-order valence-electron chi connectivity index (χ3n) is 2.66. The van der Waals surface area contributed by atoms with Crippen LogP contribution in [0.25, 0.3) is 0 Å². The fraction of sp³-hybridized carbons (Fsp3) is 0.500. The molecule has 0 heterocycles. The summed E-state index contributed by atoms with van der Waals surface area (Å²) in [5.41, 5.74) is 0.699. The third kappa shape index (κ3) is 3.75. The van der Waals surface area contributed by atoms with Gasteiger partial charge in [-0.2, -0.15) is 17.4 Å². The Balaban J connectivity index is 3.03. The Hall–Kier alpha value is -1.51. The van der Waals surface area contributed by atoms with Gasteiger partial charge in [0.25, 0.3) is 10.2 Å². The van der Waals surface area contributed by atoms with E-state index >= 15 is 0 Å². The second-order valence-electron chi connectivity index (χ2n) is 4.14. The summed E-state index contributed by atoms with van der Waals surface area (Å²) in [7, 11) is 3.95. The van der Waals surface area contributed by atoms with E-state index in [1.54, 1.807) is 12.1 Å². The van der Waals surface area contributed by atoms with E-state index in [-0.39, 0.29) is 6.54 Å². The number of hydrogen-bond donors (Lipinski definition) is 1. The molecule has 0 fully saturated rings. The quantitative estimate of drug-likeness (QED) is 0.798. The number of nitrogens with one attached hydrogen (secondary N) is 1. The molecule has 0 aromatic heterocycles. The summed E-state index contributed by atoms with van der Waals surface area (Å²) < 4.78 is 42.5. The molecule has 0 unspecified atom stereocenters. The lowest BCUT2D eigenvalue weighted by atomic mass is 10.2. The lowest BCUT2D eigenvalue weighted by molar-refractivity contribution is 0.323. The van der Waals surface area contributed by atoms with Gasteiger partial charge in [0.15, 0.2) is 11.5 Å². The Bertz CT molecular complexity index is 532. The van der Waals surface area contributed by atoms with Crippen LogP contribution in [-0.4, -0.2) is 48.1 Å². The van der Waals surface area contributed by atoms with Crippen molar-refractivity contribution in [3.8, 4) is 17.2 Å². The first kappa shape index (κ1) is 16.5. The second-order valence-corrected chi connectivity index (χ2v) is 6.11. The van der Waals surface area contributed by atoms with Gasteiger partial charge in [-0.1, -0.05) is 0 Å². The average molecular weight is 304 g/mol. The van der Waals surface area contributed by atoms with E-state index in [9.17, 15) is 8.42 Å². The first-order valence-corrected chi connectivity index (χ1v) is 7.25. The lowest BCUT2D eigenvalue weighted by Crippen LogP contribution is -2.35. The van der Waals surface area contributed by atoms with Crippen molar-refractivity contribution in [3.63, 3.8) is 0 Å². The molecular formula is C12H20N2O5S. The Morgan fingerprint density at radius 1 is 1.05 bits per heavy atom. The Kier molecular flexibility index (Phi) is 5.61. The molecule has 1 rings (SSSR count). The van der Waals surface area contributed by atoms with Gasteiger partial charge in [-0.3, -0.25) is 0 Å². The van der Waals surface area contributed by atoms with Gasteiger partial charge in [0.2, 0.25) is 5.75 Å². The van der Waals surface area contributed by atoms with Gasteiger partial charge in [0.1, 0.15) is 0 Å². The normalized spacial score (nSPS) is 11.5. The maximum Gasteiger partial charge on any atom is 0.279 e. The monoisotopic (exact) mass is 304 g/mol. The molecule has 114 valence electrons. The van der Waals surface area contributed by atoms with E-state index in [1.165, 1.54) is 35.4 Å². The van der Waals surface area contributed by atoms with Gasteiger partial charge in [0.05, 0.1) is 21.3 Å². The van der Waals surface area contributed by atoms with Crippen LogP contribution in [0.4, 0.5) is 0 Å². The molecule has 1 aromatic carbocycles. The predicted molar refractivity (Wildman–Crippen MR) is 75.5 cm³/mol. The van der Waals surface area contributed by atoms with Crippen LogP contribution in [0.3, 0.4) is 0 Å². The van der Waals surface area contributed by atoms with Crippen molar-refractivity contribution in [2.24, 2.45) is 0 Å². The van der Waals surface area contributed by atoms with Gasteiger partial charge in [-0.25, -0.2) is 0 Å². The Morgan fingerprint density at radius 2 is 1.55 bits per heavy atom. The van der Waals surface area contributed by atoms with Crippen molar-refractivity contribution in [1.82, 2.24) is 9.03 Å². The minimum absolute atomic E-state index is 0.122. The fourth-order valence-corrected chi connectivity index (χ4v) is 2.15. The molecule has 1 N–H and O–H groups in total. The van der Waals surface area contributed by atoms with Crippen LogP contribution >= 0.6 is 0 Å². The Morgan fingerprint density at radius 3 is 1.90 bits per heavy atom. The standard InChI is InChI=1S/C12H20N2O5S/c1-14(2)20(15,16)13-8-9-6-10(17-3)12(19-5)11(7-9)18-4/h6-7,13H,8H2,1-5H3. The summed E-state index contributed by atoms with van der Waals surface area (Å²) in [5.74, 6) is 1.42. The molecular weight excluding hydrogens is 284 g/mol. The molecule has 0 saturated heterocycles. The van der Waals surface area contributed by atoms with E-state index < -0.39 is 10.2 Å². The number of hydrogen-bond acceptors (Lipinski definition) is 5. The maximum absolute atomic E-state index is 11.7. The zero-order valence-corrected chi connectivity index (χ0v) is 13.1. The Labute approximate surface area is 119 Å². The second kappa shape index (κ2) is 6.78. The molecule has 0 atom stereocenters. The van der Waals surface area contributed by atoms with Gasteiger partial charge in [0, 0.05) is 20.6 Å². The first-order chi connectivity index (χ1) is 9.35. The van der Waals surface area contributed by atoms with Crippen LogP contribution in [0.1, 0.15) is 5.56 Å². The van der Waals surface area contributed by atoms with E-state index in [1.807, 2.05) is 0 Å². The van der Waals surface area contributed by atoms with Crippen molar-refractivity contribution in [2.75, 3.05) is 35.4 Å². The summed E-state index contributed by atoms with van der Waals surface area (Å²) in [5, 5.41) is 0. The summed E-state index contributed by atoms with van der Waals surface area (Å²) >= 11 is 0. The van der Waals surface area contributed by atoms with Crippen molar-refractivity contribution in [2.45, 2.75) is 6.54 Å². The number of methoxy groups -OCH3 is 3. The van der Waals surface area contributed by atoms with Gasteiger partial charge in [-0.15, -0.1) is 0 Å². The summed E-state index contributed by atoms with van der Waals surface area (Å²) in [6.45, 7) is 0.122. The van der Waals surface area contributed by atoms with Gasteiger partial charge >= 0.3 is 0 Å². The van der Waals surface area contributed by atoms with E-state index in [0.717, 1.165) is 4.31 Å². The SMILES string of the molecule is COc1cc(CNS(=O)(=O)N(C)C)cc(OC)c1OC. The van der Waals surface area contributed by atoms with Crippen molar-refractivity contribution >= 4 is 10.2 Å². The van der Waals surface area contributed by atoms with Crippen molar-refractivity contribution in [1.29, 1.82) is 0 Å². The molecule has 0 aliphatic heterocycles. The molecule has 20 heavy (non-hydrogen) atoms. The number of nitrogens with zero attached hydrogens (tertiary/aromatic N) is 1. The molecule has 0 spiro atoms. The van der Waals surface area contributed by atoms with Crippen molar-refractivity contribution < 1.29 is 22.6 Å². The molecule has 0 radical (unpaired) electrons. The van der Waals surface area contributed by atoms with Gasteiger partial charge < -0.3 is 14.2 Å². The van der Waals surface area contributed by atoms with E-state index in [2.05, 4.69) is 4.72 Å². The first-order valence-electron chi connectivity index (χ1n) is 5.81. The molecule has 0 aliphatic carbocycles. The van der Waals surface area contributed by atoms with Crippen LogP contribution < -0.4 is 18.9 Å². The number of rotatable bonds is 7. The van der Waals surface area contributed by atoms with Crippen molar-refractivity contribution in [3.05, 3.63) is 17.7 Å². The summed E-state index contributed by atoms with van der Waals surface area (Å²) in [4.78, 5) is 0. The summed E-state index contributed by atoms with van der Waals surface area (Å²) in [6.07, 6.45) is 0. The minimum Gasteiger partial charge on any atom is -0.493 e. The molecule has 0 bridgehead atoms. The van der Waals surface area contributed by atoms with Gasteiger partial charge in [-0.05, 0) is 17.7 Å². The highest BCUT2D eigenvalue weighted by atomic mass is 32.2. The van der Waals surface area contributed by atoms with E-state index in [4.69, 9.17) is 14.2 Å². The van der Waals surface area contributed by atoms with Crippen LogP contribution in [0.15, 0.2) is 12.1 Å². The topological polar surface area (TPSA) is 77.1 Å². The highest BCUT2D eigenvalue weighted by molar-refractivity contribution is 7.87. The highest BCUT2D eigenvalue weighted by Gasteiger charge is 2.16. The molecule has 0 amide bonds. The fourth-order valence-electron chi connectivity index (χ4n) is 1.54. The molecule has 8 heteroatoms. The minimum atomic E-state index is -3.48. The number of benzene rings is 1. The lowest BCUT2D eigenvalue weighted by Gasteiger charge is -2.16. The van der Waals surface area contributed by atoms with E-state index in [0.29, 0.717) is 22.8 Å². The van der Waals surface area contributed by atoms with Crippen LogP contribution in [0, 0.1) is 0 Å².